The number of carboxylic acids is 2. The second kappa shape index (κ2) is 41.2. The molecule has 4 nitrogen and oxygen atoms in total. The molecule has 0 rings (SSSR count). The predicted molar refractivity (Wildman–Crippen MR) is 174 cm³/mol. The summed E-state index contributed by atoms with van der Waals surface area (Å²) in [5.41, 5.74) is 0. The van der Waals surface area contributed by atoms with E-state index in [-0.39, 0.29) is 19.5 Å². The van der Waals surface area contributed by atoms with Crippen molar-refractivity contribution < 1.29 is 39.3 Å². The minimum Gasteiger partial charge on any atom is -0.481 e. The van der Waals surface area contributed by atoms with Crippen molar-refractivity contribution in [2.45, 2.75) is 194 Å². The molecule has 0 spiro atoms. The van der Waals surface area contributed by atoms with Crippen LogP contribution in [-0.2, 0) is 29.1 Å². The van der Waals surface area contributed by atoms with Gasteiger partial charge in [0, 0.05) is 32.3 Å². The molecule has 0 bridgehead atoms. The Bertz CT molecular complexity index is 524. The molecule has 0 fully saturated rings. The van der Waals surface area contributed by atoms with E-state index >= 15 is 0 Å². The molecule has 0 saturated carbocycles. The molecule has 0 aromatic heterocycles. The zero-order chi connectivity index (χ0) is 29.8. The quantitative estimate of drug-likeness (QED) is 0.0471. The molecule has 5 heteroatoms. The molecule has 0 heterocycles. The third-order valence-electron chi connectivity index (χ3n) is 7.30. The van der Waals surface area contributed by atoms with Gasteiger partial charge in [0.25, 0.3) is 0 Å². The summed E-state index contributed by atoms with van der Waals surface area (Å²) in [6.07, 6.45) is 42.5. The minimum absolute atomic E-state index is 0. The summed E-state index contributed by atoms with van der Waals surface area (Å²) in [4.78, 5) is 20.7. The van der Waals surface area contributed by atoms with Gasteiger partial charge in [-0.2, -0.15) is 0 Å². The molecule has 41 heavy (non-hydrogen) atoms. The second-order valence-corrected chi connectivity index (χ2v) is 11.5. The maximum atomic E-state index is 10.3. The summed E-state index contributed by atoms with van der Waals surface area (Å²) < 4.78 is 0. The van der Waals surface area contributed by atoms with Gasteiger partial charge in [-0.05, 0) is 64.2 Å². The first kappa shape index (κ1) is 44.5. The van der Waals surface area contributed by atoms with Crippen LogP contribution in [0.1, 0.15) is 194 Å². The molecule has 238 valence electrons. The number of rotatable bonds is 30. The van der Waals surface area contributed by atoms with E-state index in [9.17, 15) is 9.59 Å². The Kier molecular flexibility index (Phi) is 44.7. The summed E-state index contributed by atoms with van der Waals surface area (Å²) in [6, 6.07) is 0. The number of carboxylic acid groups (broad SMARTS) is 2. The Morgan fingerprint density at radius 2 is 0.610 bits per heavy atom. The first-order valence-electron chi connectivity index (χ1n) is 17.3. The first-order chi connectivity index (χ1) is 19.5. The fraction of sp³-hybridized carbons (Fsp3) is 0.833. The summed E-state index contributed by atoms with van der Waals surface area (Å²) in [5.74, 6) is -1.32. The smallest absolute Gasteiger partial charge is 0.303 e. The molecule has 0 atom stereocenters. The SMILES string of the molecule is CCCCCC=CCCCCCCCCCCC(=O)O.CCCCCC=CCCCCCCCCCCC(=O)O.[Zn]. The molecule has 0 aliphatic carbocycles. The van der Waals surface area contributed by atoms with Gasteiger partial charge in [0.1, 0.15) is 0 Å². The summed E-state index contributed by atoms with van der Waals surface area (Å²) in [5, 5.41) is 17.0. The Morgan fingerprint density at radius 3 is 0.854 bits per heavy atom. The van der Waals surface area contributed by atoms with Gasteiger partial charge in [0.15, 0.2) is 0 Å². The summed E-state index contributed by atoms with van der Waals surface area (Å²) in [6.45, 7) is 4.49. The monoisotopic (exact) mass is 628 g/mol. The molecule has 0 amide bonds. The Morgan fingerprint density at radius 1 is 0.390 bits per heavy atom. The molecule has 0 saturated heterocycles. The molecule has 2 N–H and O–H groups in total. The van der Waals surface area contributed by atoms with Crippen LogP contribution >= 0.6 is 0 Å². The fourth-order valence-electron chi connectivity index (χ4n) is 4.69. The molecule has 0 aliphatic heterocycles. The van der Waals surface area contributed by atoms with E-state index in [0.29, 0.717) is 12.8 Å². The van der Waals surface area contributed by atoms with E-state index in [1.807, 2.05) is 0 Å². The van der Waals surface area contributed by atoms with Gasteiger partial charge in [0.2, 0.25) is 0 Å². The van der Waals surface area contributed by atoms with Crippen molar-refractivity contribution in [1.82, 2.24) is 0 Å². The van der Waals surface area contributed by atoms with Crippen molar-refractivity contribution in [3.05, 3.63) is 24.3 Å². The molecular weight excluding hydrogens is 562 g/mol. The van der Waals surface area contributed by atoms with Crippen molar-refractivity contribution in [2.24, 2.45) is 0 Å². The number of allylic oxidation sites excluding steroid dienone is 4. The third-order valence-corrected chi connectivity index (χ3v) is 7.30. The molecular formula is C36H68O4Zn. The van der Waals surface area contributed by atoms with E-state index in [1.54, 1.807) is 0 Å². The molecule has 0 aromatic carbocycles. The van der Waals surface area contributed by atoms with Crippen LogP contribution in [0.4, 0.5) is 0 Å². The van der Waals surface area contributed by atoms with Crippen molar-refractivity contribution >= 4 is 11.9 Å². The Labute approximate surface area is 268 Å². The van der Waals surface area contributed by atoms with Gasteiger partial charge < -0.3 is 10.2 Å². The van der Waals surface area contributed by atoms with Crippen LogP contribution in [0.2, 0.25) is 0 Å². The van der Waals surface area contributed by atoms with Crippen LogP contribution in [-0.4, -0.2) is 22.2 Å². The van der Waals surface area contributed by atoms with Gasteiger partial charge in [-0.1, -0.05) is 141 Å². The molecule has 0 unspecified atom stereocenters. The van der Waals surface area contributed by atoms with Gasteiger partial charge in [-0.25, -0.2) is 0 Å². The number of hydrogen-bond acceptors (Lipinski definition) is 2. The average molecular weight is 630 g/mol. The van der Waals surface area contributed by atoms with Crippen LogP contribution in [0.3, 0.4) is 0 Å². The van der Waals surface area contributed by atoms with Gasteiger partial charge >= 0.3 is 11.9 Å². The zero-order valence-electron chi connectivity index (χ0n) is 27.5. The topological polar surface area (TPSA) is 74.6 Å². The van der Waals surface area contributed by atoms with Gasteiger partial charge in [-0.15, -0.1) is 0 Å². The normalized spacial score (nSPS) is 11.0. The Hall–Kier alpha value is -0.957. The van der Waals surface area contributed by atoms with E-state index in [2.05, 4.69) is 38.2 Å². The zero-order valence-corrected chi connectivity index (χ0v) is 30.5. The Balaban J connectivity index is -0.000000688. The number of hydrogen-bond donors (Lipinski definition) is 2. The molecule has 0 aliphatic rings. The van der Waals surface area contributed by atoms with Crippen molar-refractivity contribution in [3.63, 3.8) is 0 Å². The van der Waals surface area contributed by atoms with Crippen LogP contribution < -0.4 is 0 Å². The van der Waals surface area contributed by atoms with Gasteiger partial charge in [-0.3, -0.25) is 9.59 Å². The van der Waals surface area contributed by atoms with Crippen LogP contribution in [0.5, 0.6) is 0 Å². The van der Waals surface area contributed by atoms with Gasteiger partial charge in [0.05, 0.1) is 0 Å². The second-order valence-electron chi connectivity index (χ2n) is 11.5. The summed E-state index contributed by atoms with van der Waals surface area (Å²) in [7, 11) is 0. The summed E-state index contributed by atoms with van der Waals surface area (Å²) >= 11 is 0. The minimum atomic E-state index is -0.659. The largest absolute Gasteiger partial charge is 0.481 e. The van der Waals surface area contributed by atoms with Crippen LogP contribution in [0.25, 0.3) is 0 Å². The molecule has 0 radical (unpaired) electrons. The van der Waals surface area contributed by atoms with Crippen molar-refractivity contribution in [2.75, 3.05) is 0 Å². The predicted octanol–water partition coefficient (Wildman–Crippen LogP) is 12.2. The van der Waals surface area contributed by atoms with Crippen LogP contribution in [0.15, 0.2) is 24.3 Å². The van der Waals surface area contributed by atoms with Crippen LogP contribution in [0, 0.1) is 0 Å². The number of aliphatic carboxylic acids is 2. The maximum Gasteiger partial charge on any atom is 0.303 e. The average Bonchev–Trinajstić information content (AvgIpc) is 2.93. The first-order valence-corrected chi connectivity index (χ1v) is 17.3. The van der Waals surface area contributed by atoms with E-state index in [1.165, 1.54) is 141 Å². The van der Waals surface area contributed by atoms with Crippen molar-refractivity contribution in [3.8, 4) is 0 Å². The van der Waals surface area contributed by atoms with E-state index in [0.717, 1.165) is 25.7 Å². The van der Waals surface area contributed by atoms with Crippen molar-refractivity contribution in [1.29, 1.82) is 0 Å². The maximum absolute atomic E-state index is 10.3. The number of unbranched alkanes of at least 4 members (excludes halogenated alkanes) is 22. The number of carbonyl (C=O) groups is 2. The molecule has 0 aromatic rings. The fourth-order valence-corrected chi connectivity index (χ4v) is 4.69. The third kappa shape index (κ3) is 49.1. The van der Waals surface area contributed by atoms with E-state index in [4.69, 9.17) is 10.2 Å². The standard InChI is InChI=1S/2C18H34O2.Zn/c2*1-2-3-4-5-6-7-8-9-10-11-12-13-14-15-16-17-18(19)20;/h2*6-7H,2-5,8-17H2,1H3,(H,19,20);. The van der Waals surface area contributed by atoms with E-state index < -0.39 is 11.9 Å².